The van der Waals surface area contributed by atoms with Gasteiger partial charge >= 0.3 is 0 Å². The van der Waals surface area contributed by atoms with Crippen molar-refractivity contribution in [2.75, 3.05) is 13.2 Å². The zero-order chi connectivity index (χ0) is 15.1. The summed E-state index contributed by atoms with van der Waals surface area (Å²) in [5.41, 5.74) is 10.9. The second-order valence-electron chi connectivity index (χ2n) is 5.42. The number of ether oxygens (including phenoxy) is 1. The maximum Gasteiger partial charge on any atom is 0.126 e. The lowest BCUT2D eigenvalue weighted by atomic mass is 10.0. The molecule has 0 aliphatic carbocycles. The number of nitrogens with zero attached hydrogens (tertiary/aromatic N) is 2. The van der Waals surface area contributed by atoms with Crippen LogP contribution >= 0.6 is 12.4 Å². The molecule has 0 atom stereocenters. The fourth-order valence-electron chi connectivity index (χ4n) is 3.11. The van der Waals surface area contributed by atoms with Crippen molar-refractivity contribution in [3.8, 4) is 17.0 Å². The van der Waals surface area contributed by atoms with Gasteiger partial charge in [0.25, 0.3) is 0 Å². The van der Waals surface area contributed by atoms with Gasteiger partial charge in [0.05, 0.1) is 17.8 Å². The first-order valence-corrected chi connectivity index (χ1v) is 7.40. The summed E-state index contributed by atoms with van der Waals surface area (Å²) in [6.45, 7) is 1.24. The molecule has 120 valence electrons. The van der Waals surface area contributed by atoms with Crippen LogP contribution in [0, 0.1) is 5.82 Å². The maximum absolute atomic E-state index is 13.2. The summed E-state index contributed by atoms with van der Waals surface area (Å²) in [6, 6.07) is 8.38. The molecule has 23 heavy (non-hydrogen) atoms. The number of hydrogen-bond acceptors (Lipinski definition) is 3. The number of fused-ring (bicyclic) bond motifs is 3. The van der Waals surface area contributed by atoms with Crippen LogP contribution in [-0.2, 0) is 12.8 Å². The normalized spacial score (nSPS) is 12.8. The van der Waals surface area contributed by atoms with Crippen LogP contribution in [0.1, 0.15) is 11.1 Å². The van der Waals surface area contributed by atoms with E-state index in [4.69, 9.17) is 15.6 Å². The Morgan fingerprint density at radius 3 is 2.74 bits per heavy atom. The van der Waals surface area contributed by atoms with Crippen molar-refractivity contribution in [1.29, 1.82) is 0 Å². The highest BCUT2D eigenvalue weighted by atomic mass is 35.5. The van der Waals surface area contributed by atoms with Crippen LogP contribution in [0.15, 0.2) is 36.5 Å². The lowest BCUT2D eigenvalue weighted by Crippen LogP contribution is -2.04. The van der Waals surface area contributed by atoms with Crippen LogP contribution in [-0.4, -0.2) is 22.8 Å². The molecule has 4 nitrogen and oxygen atoms in total. The van der Waals surface area contributed by atoms with Gasteiger partial charge in [-0.15, -0.1) is 12.4 Å². The predicted octanol–water partition coefficient (Wildman–Crippen LogP) is 3.00. The Balaban J connectivity index is 0.00000156. The van der Waals surface area contributed by atoms with Gasteiger partial charge in [0.1, 0.15) is 11.6 Å². The lowest BCUT2D eigenvalue weighted by molar-refractivity contribution is 0.356. The van der Waals surface area contributed by atoms with E-state index in [0.717, 1.165) is 40.9 Å². The van der Waals surface area contributed by atoms with Gasteiger partial charge in [-0.3, -0.25) is 0 Å². The Hall–Kier alpha value is -2.11. The quantitative estimate of drug-likeness (QED) is 0.801. The smallest absolute Gasteiger partial charge is 0.126 e. The number of benzene rings is 1. The molecule has 0 fully saturated rings. The van der Waals surface area contributed by atoms with Gasteiger partial charge in [0, 0.05) is 29.3 Å². The lowest BCUT2D eigenvalue weighted by Gasteiger charge is -2.04. The summed E-state index contributed by atoms with van der Waals surface area (Å²) in [4.78, 5) is 0. The zero-order valence-corrected chi connectivity index (χ0v) is 13.3. The molecule has 0 unspecified atom stereocenters. The molecule has 3 aromatic rings. The molecule has 0 amide bonds. The molecule has 0 radical (unpaired) electrons. The summed E-state index contributed by atoms with van der Waals surface area (Å²) in [7, 11) is 0. The van der Waals surface area contributed by atoms with Gasteiger partial charge in [-0.1, -0.05) is 0 Å². The third-order valence-electron chi connectivity index (χ3n) is 4.08. The van der Waals surface area contributed by atoms with Crippen molar-refractivity contribution in [3.63, 3.8) is 0 Å². The second-order valence-corrected chi connectivity index (χ2v) is 5.42. The van der Waals surface area contributed by atoms with Crippen LogP contribution in [0.2, 0.25) is 0 Å². The van der Waals surface area contributed by atoms with Crippen molar-refractivity contribution in [2.24, 2.45) is 5.73 Å². The van der Waals surface area contributed by atoms with Crippen LogP contribution < -0.4 is 10.5 Å². The zero-order valence-electron chi connectivity index (χ0n) is 12.5. The average Bonchev–Trinajstić information content (AvgIpc) is 3.12. The molecule has 0 spiro atoms. The molecule has 6 heteroatoms. The van der Waals surface area contributed by atoms with E-state index >= 15 is 0 Å². The van der Waals surface area contributed by atoms with Crippen LogP contribution in [0.5, 0.6) is 5.75 Å². The van der Waals surface area contributed by atoms with Crippen molar-refractivity contribution >= 4 is 17.9 Å². The molecular formula is C17H17ClFN3O. The third-order valence-corrected chi connectivity index (χ3v) is 4.08. The number of rotatable bonds is 3. The van der Waals surface area contributed by atoms with Crippen LogP contribution in [0.25, 0.3) is 16.8 Å². The Labute approximate surface area is 139 Å². The maximum atomic E-state index is 13.2. The molecule has 1 aliphatic rings. The van der Waals surface area contributed by atoms with Crippen LogP contribution in [0.4, 0.5) is 4.39 Å². The summed E-state index contributed by atoms with van der Waals surface area (Å²) in [5, 5.41) is 4.69. The number of hydrogen-bond donors (Lipinski definition) is 1. The minimum Gasteiger partial charge on any atom is -0.493 e. The van der Waals surface area contributed by atoms with Gasteiger partial charge < -0.3 is 10.5 Å². The van der Waals surface area contributed by atoms with Crippen molar-refractivity contribution in [2.45, 2.75) is 12.8 Å². The third kappa shape index (κ3) is 2.56. The highest BCUT2D eigenvalue weighted by molar-refractivity contribution is 5.85. The molecule has 1 aliphatic heterocycles. The molecule has 0 bridgehead atoms. The molecule has 0 saturated heterocycles. The van der Waals surface area contributed by atoms with Gasteiger partial charge in [-0.05, 0) is 43.3 Å². The van der Waals surface area contributed by atoms with Crippen LogP contribution in [0.3, 0.4) is 0 Å². The summed E-state index contributed by atoms with van der Waals surface area (Å²) in [6.07, 6.45) is 3.52. The van der Waals surface area contributed by atoms with Gasteiger partial charge in [0.2, 0.25) is 0 Å². The Kier molecular flexibility index (Phi) is 4.24. The largest absolute Gasteiger partial charge is 0.493 e. The molecule has 3 heterocycles. The number of halogens is 2. The summed E-state index contributed by atoms with van der Waals surface area (Å²) in [5.74, 6) is 0.679. The first-order chi connectivity index (χ1) is 10.8. The van der Waals surface area contributed by atoms with E-state index in [1.165, 1.54) is 17.7 Å². The van der Waals surface area contributed by atoms with Crippen molar-refractivity contribution < 1.29 is 9.13 Å². The SMILES string of the molecule is Cl.NCCc1c(-c2ccc(F)cc2)nn2ccc3c(c12)CCO3. The Morgan fingerprint density at radius 2 is 2.00 bits per heavy atom. The van der Waals surface area contributed by atoms with Gasteiger partial charge in [0.15, 0.2) is 0 Å². The average molecular weight is 334 g/mol. The minimum atomic E-state index is -0.248. The standard InChI is InChI=1S/C17H16FN3O.ClH/c18-12-3-1-11(2-4-12)16-14(5-8-19)17-13-7-10-22-15(13)6-9-21(17)20-16;/h1-4,6,9H,5,7-8,10,19H2;1H. The first kappa shape index (κ1) is 15.8. The molecule has 1 aromatic carbocycles. The highest BCUT2D eigenvalue weighted by Crippen LogP contribution is 2.35. The second kappa shape index (κ2) is 6.18. The van der Waals surface area contributed by atoms with E-state index < -0.39 is 0 Å². The number of pyridine rings is 1. The van der Waals surface area contributed by atoms with E-state index in [1.807, 2.05) is 16.8 Å². The van der Waals surface area contributed by atoms with E-state index in [9.17, 15) is 4.39 Å². The molecule has 0 saturated carbocycles. The Bertz CT molecular complexity index is 845. The van der Waals surface area contributed by atoms with Crippen molar-refractivity contribution in [3.05, 3.63) is 53.5 Å². The molecule has 2 aromatic heterocycles. The highest BCUT2D eigenvalue weighted by Gasteiger charge is 2.22. The number of aromatic nitrogens is 2. The number of nitrogens with two attached hydrogens (primary N) is 1. The van der Waals surface area contributed by atoms with E-state index in [2.05, 4.69) is 0 Å². The van der Waals surface area contributed by atoms with E-state index in [1.54, 1.807) is 12.1 Å². The fraction of sp³-hybridized carbons (Fsp3) is 0.235. The Morgan fingerprint density at radius 1 is 1.22 bits per heavy atom. The fourth-order valence-corrected chi connectivity index (χ4v) is 3.11. The van der Waals surface area contributed by atoms with Gasteiger partial charge in [-0.25, -0.2) is 8.91 Å². The minimum absolute atomic E-state index is 0. The first-order valence-electron chi connectivity index (χ1n) is 7.40. The predicted molar refractivity (Wildman–Crippen MR) is 89.8 cm³/mol. The monoisotopic (exact) mass is 333 g/mol. The van der Waals surface area contributed by atoms with Crippen molar-refractivity contribution in [1.82, 2.24) is 9.61 Å². The molecule has 4 rings (SSSR count). The van der Waals surface area contributed by atoms with E-state index in [-0.39, 0.29) is 18.2 Å². The molecule has 2 N–H and O–H groups in total. The molecular weight excluding hydrogens is 317 g/mol. The summed E-state index contributed by atoms with van der Waals surface area (Å²) < 4.78 is 20.7. The van der Waals surface area contributed by atoms with Gasteiger partial charge in [-0.2, -0.15) is 5.10 Å². The van der Waals surface area contributed by atoms with E-state index in [0.29, 0.717) is 13.2 Å². The topological polar surface area (TPSA) is 52.5 Å². The summed E-state index contributed by atoms with van der Waals surface area (Å²) >= 11 is 0.